The Hall–Kier alpha value is -3.61. The number of aryl methyl sites for hydroxylation is 1. The maximum absolute atomic E-state index is 9.30. The average molecular weight is 445 g/mol. The number of halogens is 1. The second-order valence-corrected chi connectivity index (χ2v) is 8.61. The molecular weight excluding hydrogens is 424 g/mol. The number of nitrogens with zero attached hydrogens (tertiary/aromatic N) is 3. The molecule has 0 amide bonds. The largest absolute Gasteiger partial charge is 0.481 e. The highest BCUT2D eigenvalue weighted by molar-refractivity contribution is 6.31. The van der Waals surface area contributed by atoms with Crippen molar-refractivity contribution in [3.63, 3.8) is 0 Å². The van der Waals surface area contributed by atoms with Crippen LogP contribution in [0.25, 0.3) is 10.9 Å². The fraction of sp³-hybridized carbons (Fsp3) is 0.280. The van der Waals surface area contributed by atoms with E-state index in [4.69, 9.17) is 21.1 Å². The molecule has 6 nitrogen and oxygen atoms in total. The summed E-state index contributed by atoms with van der Waals surface area (Å²) in [6.07, 6.45) is 9.51. The number of rotatable bonds is 4. The molecule has 0 bridgehead atoms. The summed E-state index contributed by atoms with van der Waals surface area (Å²) < 4.78 is 11.5. The highest BCUT2D eigenvalue weighted by Crippen LogP contribution is 2.43. The Kier molecular flexibility index (Phi) is 5.17. The summed E-state index contributed by atoms with van der Waals surface area (Å²) in [6, 6.07) is 15.3. The van der Waals surface area contributed by atoms with Crippen molar-refractivity contribution in [1.82, 2.24) is 4.98 Å². The van der Waals surface area contributed by atoms with E-state index in [0.29, 0.717) is 17.4 Å². The summed E-state index contributed by atoms with van der Waals surface area (Å²) in [5, 5.41) is 20.6. The molecule has 2 aliphatic rings. The number of nitrogens with one attached hydrogen (secondary N) is 1. The average Bonchev–Trinajstić information content (AvgIpc) is 3.24. The van der Waals surface area contributed by atoms with E-state index in [0.717, 1.165) is 42.0 Å². The number of allylic oxidation sites excluding steroid dienone is 1. The van der Waals surface area contributed by atoms with Crippen molar-refractivity contribution < 1.29 is 9.47 Å². The third kappa shape index (κ3) is 3.64. The summed E-state index contributed by atoms with van der Waals surface area (Å²) in [7, 11) is 0. The first-order valence-electron chi connectivity index (χ1n) is 10.6. The number of fused-ring (bicyclic) bond motifs is 2. The minimum atomic E-state index is -1.60. The van der Waals surface area contributed by atoms with Gasteiger partial charge in [0.1, 0.15) is 12.1 Å². The zero-order valence-electron chi connectivity index (χ0n) is 17.3. The highest BCUT2D eigenvalue weighted by atomic mass is 35.5. The highest BCUT2D eigenvalue weighted by Gasteiger charge is 2.40. The van der Waals surface area contributed by atoms with E-state index >= 15 is 0 Å². The van der Waals surface area contributed by atoms with E-state index in [-0.39, 0.29) is 6.61 Å². The molecule has 3 aromatic rings. The molecule has 0 aliphatic carbocycles. The van der Waals surface area contributed by atoms with Crippen molar-refractivity contribution in [2.24, 2.45) is 5.92 Å². The van der Waals surface area contributed by atoms with Gasteiger partial charge in [-0.05, 0) is 55.0 Å². The quantitative estimate of drug-likeness (QED) is 0.586. The first-order chi connectivity index (χ1) is 15.6. The fourth-order valence-electron chi connectivity index (χ4n) is 4.33. The molecular formula is C25H21ClN4O2. The topological polar surface area (TPSA) is 85.1 Å². The van der Waals surface area contributed by atoms with Crippen LogP contribution in [0.1, 0.15) is 18.4 Å². The number of aromatic nitrogens is 1. The van der Waals surface area contributed by atoms with Crippen molar-refractivity contribution in [2.75, 3.05) is 18.1 Å². The summed E-state index contributed by atoms with van der Waals surface area (Å²) >= 11 is 6.09. The van der Waals surface area contributed by atoms with Crippen molar-refractivity contribution >= 4 is 28.2 Å². The lowest BCUT2D eigenvalue weighted by Crippen LogP contribution is -2.42. The Balaban J connectivity index is 1.27. The van der Waals surface area contributed by atoms with Gasteiger partial charge in [0.25, 0.3) is 0 Å². The zero-order chi connectivity index (χ0) is 22.1. The summed E-state index contributed by atoms with van der Waals surface area (Å²) in [5.41, 5.74) is 1.68. The predicted molar refractivity (Wildman–Crippen MR) is 123 cm³/mol. The van der Waals surface area contributed by atoms with Crippen LogP contribution in [0, 0.1) is 28.6 Å². The van der Waals surface area contributed by atoms with Crippen LogP contribution >= 0.6 is 11.6 Å². The van der Waals surface area contributed by atoms with Crippen LogP contribution in [0.15, 0.2) is 54.9 Å². The fourth-order valence-corrected chi connectivity index (χ4v) is 4.50. The Morgan fingerprint density at radius 3 is 2.88 bits per heavy atom. The number of H-pyrrole nitrogens is 1. The monoisotopic (exact) mass is 444 g/mol. The Bertz CT molecular complexity index is 1270. The summed E-state index contributed by atoms with van der Waals surface area (Å²) in [4.78, 5) is 5.45. The second-order valence-electron chi connectivity index (χ2n) is 8.17. The molecule has 0 saturated heterocycles. The minimum Gasteiger partial charge on any atom is -0.481 e. The molecule has 1 aromatic heterocycles. The molecule has 7 heteroatoms. The molecule has 0 spiro atoms. The Labute approximate surface area is 191 Å². The van der Waals surface area contributed by atoms with Gasteiger partial charge in [-0.2, -0.15) is 10.5 Å². The predicted octanol–water partition coefficient (Wildman–Crippen LogP) is 5.35. The van der Waals surface area contributed by atoms with E-state index in [9.17, 15) is 10.5 Å². The van der Waals surface area contributed by atoms with E-state index in [1.54, 1.807) is 6.07 Å². The molecule has 0 radical (unpaired) electrons. The van der Waals surface area contributed by atoms with Gasteiger partial charge in [0.05, 0.1) is 5.69 Å². The number of ether oxygens (including phenoxy) is 2. The number of nitriles is 2. The molecule has 0 saturated carbocycles. The van der Waals surface area contributed by atoms with Crippen LogP contribution in [0.3, 0.4) is 0 Å². The lowest BCUT2D eigenvalue weighted by Gasteiger charge is -2.33. The van der Waals surface area contributed by atoms with E-state index in [1.165, 1.54) is 10.9 Å². The van der Waals surface area contributed by atoms with E-state index in [2.05, 4.69) is 34.4 Å². The molecule has 1 atom stereocenters. The maximum Gasteiger partial charge on any atom is 0.313 e. The first-order valence-corrected chi connectivity index (χ1v) is 11.0. The normalized spacial score (nSPS) is 18.8. The Morgan fingerprint density at radius 1 is 1.22 bits per heavy atom. The number of aromatic amines is 1. The van der Waals surface area contributed by atoms with Crippen LogP contribution in [0.2, 0.25) is 5.02 Å². The lowest BCUT2D eigenvalue weighted by molar-refractivity contribution is 0.0781. The third-order valence-corrected chi connectivity index (χ3v) is 6.36. The van der Waals surface area contributed by atoms with Gasteiger partial charge < -0.3 is 19.4 Å². The van der Waals surface area contributed by atoms with Crippen LogP contribution in [-0.4, -0.2) is 23.7 Å². The molecule has 1 unspecified atom stereocenters. The minimum absolute atomic E-state index is 0.111. The summed E-state index contributed by atoms with van der Waals surface area (Å²) in [6.45, 7) is 0.742. The van der Waals surface area contributed by atoms with E-state index < -0.39 is 5.60 Å². The number of benzene rings is 2. The number of anilines is 1. The van der Waals surface area contributed by atoms with Gasteiger partial charge in [-0.15, -0.1) is 0 Å². The van der Waals surface area contributed by atoms with Crippen LogP contribution in [0.4, 0.5) is 5.69 Å². The molecule has 0 fully saturated rings. The van der Waals surface area contributed by atoms with Crippen LogP contribution in [-0.2, 0) is 6.42 Å². The SMILES string of the molecule is N#CC1(C#N)COc2c(cccc2N2C=CC(CCc3c[nH]c4cc(Cl)ccc34)CC2)O1. The van der Waals surface area contributed by atoms with Gasteiger partial charge in [0.15, 0.2) is 18.1 Å². The molecule has 2 aliphatic heterocycles. The molecule has 3 heterocycles. The van der Waals surface area contributed by atoms with Gasteiger partial charge in [0.2, 0.25) is 0 Å². The molecule has 32 heavy (non-hydrogen) atoms. The smallest absolute Gasteiger partial charge is 0.313 e. The molecule has 1 N–H and O–H groups in total. The Morgan fingerprint density at radius 2 is 2.09 bits per heavy atom. The van der Waals surface area contributed by atoms with Crippen molar-refractivity contribution in [1.29, 1.82) is 10.5 Å². The summed E-state index contributed by atoms with van der Waals surface area (Å²) in [5.74, 6) is 1.49. The standard InChI is InChI=1S/C25H21ClN4O2/c26-19-6-7-20-18(13-29-21(20)12-19)5-4-17-8-10-30(11-9-17)22-2-1-3-23-24(22)31-16-25(14-27,15-28)32-23/h1-3,6-8,10,12-13,17,29H,4-5,9,11,16H2. The third-order valence-electron chi connectivity index (χ3n) is 6.13. The number of hydrogen-bond acceptors (Lipinski definition) is 5. The zero-order valence-corrected chi connectivity index (χ0v) is 18.1. The number of hydrogen-bond donors (Lipinski definition) is 1. The molecule has 5 rings (SSSR count). The van der Waals surface area contributed by atoms with Crippen molar-refractivity contribution in [3.8, 4) is 23.6 Å². The van der Waals surface area contributed by atoms with E-state index in [1.807, 2.05) is 36.4 Å². The first kappa shape index (κ1) is 20.3. The van der Waals surface area contributed by atoms with Crippen LogP contribution < -0.4 is 14.4 Å². The molecule has 2 aromatic carbocycles. The van der Waals surface area contributed by atoms with Crippen molar-refractivity contribution in [2.45, 2.75) is 24.9 Å². The van der Waals surface area contributed by atoms with Gasteiger partial charge in [-0.1, -0.05) is 29.8 Å². The molecule has 160 valence electrons. The van der Waals surface area contributed by atoms with Gasteiger partial charge >= 0.3 is 5.60 Å². The maximum atomic E-state index is 9.30. The van der Waals surface area contributed by atoms with Crippen LogP contribution in [0.5, 0.6) is 11.5 Å². The van der Waals surface area contributed by atoms with Gasteiger partial charge in [-0.25, -0.2) is 0 Å². The second kappa shape index (κ2) is 8.15. The van der Waals surface area contributed by atoms with Crippen molar-refractivity contribution in [3.05, 3.63) is 65.5 Å². The van der Waals surface area contributed by atoms with Gasteiger partial charge in [0, 0.05) is 34.9 Å². The lowest BCUT2D eigenvalue weighted by atomic mass is 9.94. The van der Waals surface area contributed by atoms with Gasteiger partial charge in [-0.3, -0.25) is 0 Å². The number of para-hydroxylation sites is 1.